The van der Waals surface area contributed by atoms with Gasteiger partial charge in [0, 0.05) is 31.2 Å². The Bertz CT molecular complexity index is 1590. The molecule has 2 aliphatic heterocycles. The van der Waals surface area contributed by atoms with Crippen molar-refractivity contribution in [1.82, 2.24) is 19.8 Å². The summed E-state index contributed by atoms with van der Waals surface area (Å²) >= 11 is 0. The molecular weight excluding hydrogens is 547 g/mol. The fraction of sp³-hybridized carbons (Fsp3) is 0.455. The minimum Gasteiger partial charge on any atom is -0.508 e. The number of likely N-dealkylation sites (N-methyl/N-ethyl adjacent to an activating group) is 1. The monoisotopic (exact) mass is 584 g/mol. The molecule has 0 bridgehead atoms. The number of halogens is 1. The molecule has 43 heavy (non-hydrogen) atoms. The zero-order valence-electron chi connectivity index (χ0n) is 24.5. The summed E-state index contributed by atoms with van der Waals surface area (Å²) in [6.07, 6.45) is 4.52. The molecule has 6 rings (SSSR count). The van der Waals surface area contributed by atoms with Crippen LogP contribution < -0.4 is 9.64 Å². The van der Waals surface area contributed by atoms with E-state index in [4.69, 9.17) is 14.7 Å². The smallest absolute Gasteiger partial charge is 0.318 e. The molecule has 1 amide bonds. The Kier molecular flexibility index (Phi) is 8.17. The maximum Gasteiger partial charge on any atom is 0.318 e. The Morgan fingerprint density at radius 1 is 1.19 bits per heavy atom. The highest BCUT2D eigenvalue weighted by molar-refractivity contribution is 5.91. The van der Waals surface area contributed by atoms with E-state index >= 15 is 0 Å². The predicted molar refractivity (Wildman–Crippen MR) is 162 cm³/mol. The number of anilines is 1. The SMILES string of the molecule is C=C(F)C(=O)N1CCN(c2nc(OC[C@@H]3CCCN3C)nc3c2CC[C@@H](c2cc(O)cc4ccccc24)C3)C[C@@H]1CC#N. The first-order valence-electron chi connectivity index (χ1n) is 15.0. The van der Waals surface area contributed by atoms with Crippen molar-refractivity contribution in [2.45, 2.75) is 56.5 Å². The predicted octanol–water partition coefficient (Wildman–Crippen LogP) is 4.49. The number of benzene rings is 2. The third-order valence-corrected chi connectivity index (χ3v) is 9.23. The molecule has 0 saturated carbocycles. The molecule has 1 aromatic heterocycles. The molecule has 1 N–H and O–H groups in total. The van der Waals surface area contributed by atoms with Gasteiger partial charge < -0.3 is 24.5 Å². The lowest BCUT2D eigenvalue weighted by Crippen LogP contribution is -2.55. The molecule has 1 aliphatic carbocycles. The van der Waals surface area contributed by atoms with Crippen molar-refractivity contribution >= 4 is 22.5 Å². The lowest BCUT2D eigenvalue weighted by Gasteiger charge is -2.42. The second kappa shape index (κ2) is 12.2. The fourth-order valence-corrected chi connectivity index (χ4v) is 6.94. The number of aromatic hydroxyl groups is 1. The Labute approximate surface area is 251 Å². The van der Waals surface area contributed by atoms with Crippen LogP contribution in [0.15, 0.2) is 48.8 Å². The number of carbonyl (C=O) groups excluding carboxylic acids is 1. The summed E-state index contributed by atoms with van der Waals surface area (Å²) in [5, 5.41) is 22.1. The molecule has 0 radical (unpaired) electrons. The third-order valence-electron chi connectivity index (χ3n) is 9.23. The number of phenols is 1. The summed E-state index contributed by atoms with van der Waals surface area (Å²) in [5.41, 5.74) is 3.05. The van der Waals surface area contributed by atoms with Crippen LogP contribution >= 0.6 is 0 Å². The summed E-state index contributed by atoms with van der Waals surface area (Å²) in [6, 6.07) is 14.1. The molecule has 3 aromatic rings. The van der Waals surface area contributed by atoms with E-state index in [0.29, 0.717) is 38.2 Å². The Balaban J connectivity index is 1.34. The molecule has 9 nitrogen and oxygen atoms in total. The van der Waals surface area contributed by atoms with Crippen molar-refractivity contribution in [3.63, 3.8) is 0 Å². The number of hydrogen-bond acceptors (Lipinski definition) is 8. The molecule has 10 heteroatoms. The molecule has 2 saturated heterocycles. The van der Waals surface area contributed by atoms with Crippen molar-refractivity contribution in [2.75, 3.05) is 44.7 Å². The van der Waals surface area contributed by atoms with Gasteiger partial charge in [-0.3, -0.25) is 4.79 Å². The summed E-state index contributed by atoms with van der Waals surface area (Å²) in [4.78, 5) is 28.1. The maximum atomic E-state index is 13.8. The molecular formula is C33H37FN6O3. The maximum absolute atomic E-state index is 13.8. The highest BCUT2D eigenvalue weighted by Gasteiger charge is 2.35. The highest BCUT2D eigenvalue weighted by atomic mass is 19.1. The second-order valence-corrected chi connectivity index (χ2v) is 11.9. The van der Waals surface area contributed by atoms with Crippen LogP contribution in [-0.2, 0) is 17.6 Å². The van der Waals surface area contributed by atoms with Gasteiger partial charge >= 0.3 is 6.01 Å². The zero-order chi connectivity index (χ0) is 30.1. The summed E-state index contributed by atoms with van der Waals surface area (Å²) in [5.74, 6) is -0.630. The van der Waals surface area contributed by atoms with Gasteiger partial charge in [-0.25, -0.2) is 4.39 Å². The average molecular weight is 585 g/mol. The van der Waals surface area contributed by atoms with Gasteiger partial charge in [-0.1, -0.05) is 30.8 Å². The first-order valence-corrected chi connectivity index (χ1v) is 15.0. The van der Waals surface area contributed by atoms with Crippen LogP contribution in [0.3, 0.4) is 0 Å². The standard InChI is InChI=1S/C33H37FN6O3/c1-21(34)32(42)40-15-14-39(19-24(40)11-12-35)31-28-10-9-23(29-18-26(41)16-22-6-3-4-8-27(22)29)17-30(28)36-33(37-31)43-20-25-7-5-13-38(25)2/h3-4,6,8,16,18,23-25,41H,1,5,7,9-11,13-15,17,19-20H2,2H3/t23-,24+,25+/m1/s1. The van der Waals surface area contributed by atoms with Crippen LogP contribution in [0.25, 0.3) is 10.8 Å². The van der Waals surface area contributed by atoms with Gasteiger partial charge in [-0.05, 0) is 80.1 Å². The van der Waals surface area contributed by atoms with E-state index in [-0.39, 0.29) is 24.6 Å². The number of aromatic nitrogens is 2. The van der Waals surface area contributed by atoms with E-state index in [1.165, 1.54) is 4.90 Å². The fourth-order valence-electron chi connectivity index (χ4n) is 6.94. The topological polar surface area (TPSA) is 106 Å². The summed E-state index contributed by atoms with van der Waals surface area (Å²) < 4.78 is 20.0. The zero-order valence-corrected chi connectivity index (χ0v) is 24.5. The largest absolute Gasteiger partial charge is 0.508 e. The van der Waals surface area contributed by atoms with Crippen LogP contribution in [0.2, 0.25) is 0 Å². The third kappa shape index (κ3) is 5.87. The van der Waals surface area contributed by atoms with Crippen LogP contribution in [0.4, 0.5) is 10.2 Å². The molecule has 2 aromatic carbocycles. The molecule has 224 valence electrons. The highest BCUT2D eigenvalue weighted by Crippen LogP contribution is 2.40. The normalized spacial score (nSPS) is 22.3. The Hall–Kier alpha value is -4.23. The number of nitriles is 1. The Morgan fingerprint density at radius 3 is 2.79 bits per heavy atom. The number of hydrogen-bond donors (Lipinski definition) is 1. The molecule has 0 unspecified atom stereocenters. The van der Waals surface area contributed by atoms with Crippen molar-refractivity contribution in [3.05, 3.63) is 65.6 Å². The second-order valence-electron chi connectivity index (χ2n) is 11.9. The number of fused-ring (bicyclic) bond motifs is 2. The van der Waals surface area contributed by atoms with Gasteiger partial charge in [0.15, 0.2) is 5.83 Å². The van der Waals surface area contributed by atoms with Crippen LogP contribution in [0.1, 0.15) is 48.4 Å². The average Bonchev–Trinajstić information content (AvgIpc) is 3.42. The van der Waals surface area contributed by atoms with Gasteiger partial charge in [0.05, 0.1) is 24.2 Å². The Morgan fingerprint density at radius 2 is 2.02 bits per heavy atom. The lowest BCUT2D eigenvalue weighted by molar-refractivity contribution is -0.131. The minimum absolute atomic E-state index is 0.0762. The number of amides is 1. The molecule has 3 aliphatic rings. The van der Waals surface area contributed by atoms with E-state index in [2.05, 4.69) is 35.6 Å². The van der Waals surface area contributed by atoms with Gasteiger partial charge in [-0.2, -0.15) is 15.2 Å². The summed E-state index contributed by atoms with van der Waals surface area (Å²) in [6.45, 7) is 5.76. The van der Waals surface area contributed by atoms with Gasteiger partial charge in [0.1, 0.15) is 18.2 Å². The van der Waals surface area contributed by atoms with Gasteiger partial charge in [-0.15, -0.1) is 0 Å². The van der Waals surface area contributed by atoms with E-state index < -0.39 is 17.8 Å². The number of phenolic OH excluding ortho intramolecular Hbond substituents is 1. The first kappa shape index (κ1) is 28.9. The van der Waals surface area contributed by atoms with Gasteiger partial charge in [0.2, 0.25) is 0 Å². The van der Waals surface area contributed by atoms with Crippen LogP contribution in [-0.4, -0.2) is 82.7 Å². The number of ether oxygens (including phenoxy) is 1. The number of carbonyl (C=O) groups is 1. The number of likely N-dealkylation sites (tertiary alicyclic amines) is 1. The van der Waals surface area contributed by atoms with Gasteiger partial charge in [0.25, 0.3) is 5.91 Å². The van der Waals surface area contributed by atoms with Crippen LogP contribution in [0, 0.1) is 11.3 Å². The van der Waals surface area contributed by atoms with E-state index in [1.54, 1.807) is 6.07 Å². The van der Waals surface area contributed by atoms with E-state index in [9.17, 15) is 19.6 Å². The molecule has 0 spiro atoms. The molecule has 2 fully saturated rings. The van der Waals surface area contributed by atoms with Crippen molar-refractivity contribution in [2.24, 2.45) is 0 Å². The van der Waals surface area contributed by atoms with Crippen molar-refractivity contribution < 1.29 is 19.0 Å². The first-order chi connectivity index (χ1) is 20.8. The number of nitrogens with zero attached hydrogens (tertiary/aromatic N) is 6. The summed E-state index contributed by atoms with van der Waals surface area (Å²) in [7, 11) is 2.10. The van der Waals surface area contributed by atoms with E-state index in [0.717, 1.165) is 65.6 Å². The lowest BCUT2D eigenvalue weighted by atomic mass is 9.80. The quantitative estimate of drug-likeness (QED) is 0.405. The van der Waals surface area contributed by atoms with E-state index in [1.807, 2.05) is 24.3 Å². The molecule has 3 atom stereocenters. The van der Waals surface area contributed by atoms with Crippen molar-refractivity contribution in [1.29, 1.82) is 5.26 Å². The minimum atomic E-state index is -1.02. The number of rotatable bonds is 7. The van der Waals surface area contributed by atoms with Crippen molar-refractivity contribution in [3.8, 4) is 17.8 Å². The van der Waals surface area contributed by atoms with Crippen LogP contribution in [0.5, 0.6) is 11.8 Å². The molecule has 3 heterocycles. The number of piperazine rings is 1.